The van der Waals surface area contributed by atoms with E-state index in [9.17, 15) is 9.59 Å². The van der Waals surface area contributed by atoms with Crippen LogP contribution in [-0.4, -0.2) is 24.0 Å². The molecule has 1 aromatic carbocycles. The Hall–Kier alpha value is -1.49. The van der Waals surface area contributed by atoms with E-state index in [2.05, 4.69) is 12.6 Å². The molecule has 0 saturated heterocycles. The number of rotatable bonds is 5. The van der Waals surface area contributed by atoms with Crippen LogP contribution in [0.2, 0.25) is 0 Å². The standard InChI is InChI=1S/C11H12O4S/c1-15-10-6-7(16)2-3-8(10)9(12)4-5-11(13)14/h2-3,6,16H,4-5H2,1H3,(H,13,14). The van der Waals surface area contributed by atoms with E-state index >= 15 is 0 Å². The Labute approximate surface area is 98.6 Å². The molecule has 1 N–H and O–H groups in total. The Kier molecular flexibility index (Phi) is 4.37. The summed E-state index contributed by atoms with van der Waals surface area (Å²) in [5.41, 5.74) is 0.390. The Morgan fingerprint density at radius 1 is 1.38 bits per heavy atom. The third-order valence-electron chi connectivity index (χ3n) is 2.05. The van der Waals surface area contributed by atoms with E-state index in [4.69, 9.17) is 9.84 Å². The fourth-order valence-corrected chi connectivity index (χ4v) is 1.46. The number of thiol groups is 1. The summed E-state index contributed by atoms with van der Waals surface area (Å²) >= 11 is 4.12. The fourth-order valence-electron chi connectivity index (χ4n) is 1.27. The van der Waals surface area contributed by atoms with Gasteiger partial charge in [-0.1, -0.05) is 0 Å². The number of carbonyl (C=O) groups is 2. The van der Waals surface area contributed by atoms with Crippen LogP contribution in [0, 0.1) is 0 Å². The predicted molar refractivity (Wildman–Crippen MR) is 61.4 cm³/mol. The number of carboxylic acid groups (broad SMARTS) is 1. The summed E-state index contributed by atoms with van der Waals surface area (Å²) in [4.78, 5) is 22.7. The number of carboxylic acids is 1. The second-order valence-corrected chi connectivity index (χ2v) is 3.72. The van der Waals surface area contributed by atoms with Crippen LogP contribution in [0.15, 0.2) is 23.1 Å². The molecular formula is C11H12O4S. The normalized spacial score (nSPS) is 9.88. The number of methoxy groups -OCH3 is 1. The third-order valence-corrected chi connectivity index (χ3v) is 2.33. The first-order chi connectivity index (χ1) is 7.54. The first kappa shape index (κ1) is 12.6. The van der Waals surface area contributed by atoms with Crippen molar-refractivity contribution in [1.29, 1.82) is 0 Å². The third kappa shape index (κ3) is 3.27. The monoisotopic (exact) mass is 240 g/mol. The summed E-state index contributed by atoms with van der Waals surface area (Å²) < 4.78 is 5.04. The first-order valence-electron chi connectivity index (χ1n) is 4.66. The van der Waals surface area contributed by atoms with E-state index in [-0.39, 0.29) is 18.6 Å². The van der Waals surface area contributed by atoms with Crippen molar-refractivity contribution >= 4 is 24.4 Å². The highest BCUT2D eigenvalue weighted by molar-refractivity contribution is 7.80. The van der Waals surface area contributed by atoms with Gasteiger partial charge in [0.2, 0.25) is 0 Å². The molecule has 0 atom stereocenters. The van der Waals surface area contributed by atoms with Gasteiger partial charge in [0.05, 0.1) is 19.1 Å². The average Bonchev–Trinajstić information content (AvgIpc) is 2.25. The van der Waals surface area contributed by atoms with E-state index in [1.54, 1.807) is 18.2 Å². The van der Waals surface area contributed by atoms with Crippen LogP contribution in [0.3, 0.4) is 0 Å². The van der Waals surface area contributed by atoms with Gasteiger partial charge in [-0.15, -0.1) is 12.6 Å². The van der Waals surface area contributed by atoms with Crippen molar-refractivity contribution in [2.75, 3.05) is 7.11 Å². The zero-order valence-electron chi connectivity index (χ0n) is 8.77. The molecule has 0 aliphatic carbocycles. The summed E-state index contributed by atoms with van der Waals surface area (Å²) in [6.07, 6.45) is -0.206. The molecule has 0 spiro atoms. The summed E-state index contributed by atoms with van der Waals surface area (Å²) in [7, 11) is 1.45. The Bertz CT molecular complexity index is 414. The molecule has 0 amide bonds. The Morgan fingerprint density at radius 2 is 2.06 bits per heavy atom. The van der Waals surface area contributed by atoms with Gasteiger partial charge in [-0.2, -0.15) is 0 Å². The quantitative estimate of drug-likeness (QED) is 0.610. The summed E-state index contributed by atoms with van der Waals surface area (Å²) in [5, 5.41) is 8.48. The van der Waals surface area contributed by atoms with Gasteiger partial charge in [-0.25, -0.2) is 0 Å². The van der Waals surface area contributed by atoms with E-state index in [0.29, 0.717) is 16.2 Å². The second kappa shape index (κ2) is 5.55. The number of aliphatic carboxylic acids is 1. The SMILES string of the molecule is COc1cc(S)ccc1C(=O)CCC(=O)O. The smallest absolute Gasteiger partial charge is 0.303 e. The number of ketones is 1. The van der Waals surface area contributed by atoms with Crippen LogP contribution < -0.4 is 4.74 Å². The van der Waals surface area contributed by atoms with Gasteiger partial charge >= 0.3 is 5.97 Å². The molecule has 0 bridgehead atoms. The molecule has 16 heavy (non-hydrogen) atoms. The molecule has 1 aromatic rings. The number of benzene rings is 1. The number of carbonyl (C=O) groups excluding carboxylic acids is 1. The van der Waals surface area contributed by atoms with Crippen molar-refractivity contribution < 1.29 is 19.4 Å². The van der Waals surface area contributed by atoms with Gasteiger partial charge in [0, 0.05) is 11.3 Å². The molecule has 0 aromatic heterocycles. The summed E-state index contributed by atoms with van der Waals surface area (Å²) in [5.74, 6) is -0.811. The van der Waals surface area contributed by atoms with Crippen molar-refractivity contribution in [3.8, 4) is 5.75 Å². The van der Waals surface area contributed by atoms with Gasteiger partial charge in [0.15, 0.2) is 5.78 Å². The maximum atomic E-state index is 11.7. The zero-order valence-corrected chi connectivity index (χ0v) is 9.66. The first-order valence-corrected chi connectivity index (χ1v) is 5.11. The molecule has 4 nitrogen and oxygen atoms in total. The topological polar surface area (TPSA) is 63.6 Å². The molecule has 0 radical (unpaired) electrons. The molecule has 0 fully saturated rings. The highest BCUT2D eigenvalue weighted by Gasteiger charge is 2.13. The van der Waals surface area contributed by atoms with E-state index < -0.39 is 5.97 Å². The van der Waals surface area contributed by atoms with Crippen LogP contribution >= 0.6 is 12.6 Å². The lowest BCUT2D eigenvalue weighted by atomic mass is 10.1. The number of Topliss-reactive ketones (excluding diaryl/α,β-unsaturated/α-hetero) is 1. The lowest BCUT2D eigenvalue weighted by Crippen LogP contribution is -2.05. The lowest BCUT2D eigenvalue weighted by Gasteiger charge is -2.07. The van der Waals surface area contributed by atoms with Crippen LogP contribution in [0.4, 0.5) is 0 Å². The van der Waals surface area contributed by atoms with Crippen molar-refractivity contribution in [3.05, 3.63) is 23.8 Å². The van der Waals surface area contributed by atoms with Crippen molar-refractivity contribution in [2.24, 2.45) is 0 Å². The van der Waals surface area contributed by atoms with Gasteiger partial charge in [0.25, 0.3) is 0 Å². The molecule has 86 valence electrons. The summed E-state index contributed by atoms with van der Waals surface area (Å²) in [6.45, 7) is 0. The molecule has 0 heterocycles. The average molecular weight is 240 g/mol. The van der Waals surface area contributed by atoms with Gasteiger partial charge < -0.3 is 9.84 Å². The zero-order chi connectivity index (χ0) is 12.1. The molecule has 0 aliphatic rings. The Morgan fingerprint density at radius 3 is 2.62 bits per heavy atom. The second-order valence-electron chi connectivity index (χ2n) is 3.20. The highest BCUT2D eigenvalue weighted by Crippen LogP contribution is 2.23. The molecule has 5 heteroatoms. The van der Waals surface area contributed by atoms with Crippen LogP contribution in [0.25, 0.3) is 0 Å². The maximum absolute atomic E-state index is 11.7. The largest absolute Gasteiger partial charge is 0.496 e. The van der Waals surface area contributed by atoms with Crippen molar-refractivity contribution in [2.45, 2.75) is 17.7 Å². The number of hydrogen-bond donors (Lipinski definition) is 2. The van der Waals surface area contributed by atoms with E-state index in [1.807, 2.05) is 0 Å². The van der Waals surface area contributed by atoms with Gasteiger partial charge in [-0.3, -0.25) is 9.59 Å². The highest BCUT2D eigenvalue weighted by atomic mass is 32.1. The minimum atomic E-state index is -0.988. The van der Waals surface area contributed by atoms with Gasteiger partial charge in [-0.05, 0) is 18.2 Å². The Balaban J connectivity index is 2.86. The van der Waals surface area contributed by atoms with Gasteiger partial charge in [0.1, 0.15) is 5.75 Å². The van der Waals surface area contributed by atoms with Crippen molar-refractivity contribution in [3.63, 3.8) is 0 Å². The predicted octanol–water partition coefficient (Wildman–Crippen LogP) is 2.03. The van der Waals surface area contributed by atoms with E-state index in [0.717, 1.165) is 0 Å². The van der Waals surface area contributed by atoms with Crippen LogP contribution in [0.5, 0.6) is 5.75 Å². The summed E-state index contributed by atoms with van der Waals surface area (Å²) in [6, 6.07) is 4.88. The van der Waals surface area contributed by atoms with Crippen LogP contribution in [0.1, 0.15) is 23.2 Å². The molecule has 0 saturated carbocycles. The number of ether oxygens (including phenoxy) is 1. The molecule has 1 rings (SSSR count). The molecule has 0 aliphatic heterocycles. The molecule has 0 unspecified atom stereocenters. The lowest BCUT2D eigenvalue weighted by molar-refractivity contribution is -0.136. The molecular weight excluding hydrogens is 228 g/mol. The maximum Gasteiger partial charge on any atom is 0.303 e. The number of hydrogen-bond acceptors (Lipinski definition) is 4. The van der Waals surface area contributed by atoms with E-state index in [1.165, 1.54) is 7.11 Å². The van der Waals surface area contributed by atoms with Crippen molar-refractivity contribution in [1.82, 2.24) is 0 Å². The fraction of sp³-hybridized carbons (Fsp3) is 0.273. The minimum absolute atomic E-state index is 0.0301. The minimum Gasteiger partial charge on any atom is -0.496 e. The van der Waals surface area contributed by atoms with Crippen LogP contribution in [-0.2, 0) is 4.79 Å².